The topological polar surface area (TPSA) is 59.2 Å². The van der Waals surface area contributed by atoms with Gasteiger partial charge in [-0.3, -0.25) is 9.59 Å². The van der Waals surface area contributed by atoms with Crippen molar-refractivity contribution in [3.8, 4) is 0 Å². The zero-order chi connectivity index (χ0) is 12.9. The maximum absolute atomic E-state index is 13.1. The van der Waals surface area contributed by atoms with E-state index in [-0.39, 0.29) is 23.7 Å². The van der Waals surface area contributed by atoms with E-state index in [0.29, 0.717) is 59.7 Å². The van der Waals surface area contributed by atoms with Gasteiger partial charge >= 0.3 is 0 Å². The number of hydrogen-bond donors (Lipinski definition) is 0. The highest BCUT2D eigenvalue weighted by Gasteiger charge is 2.78. The van der Waals surface area contributed by atoms with Gasteiger partial charge in [0, 0.05) is 23.7 Å². The molecule has 0 aromatic heterocycles. The molecule has 0 spiro atoms. The van der Waals surface area contributed by atoms with Crippen molar-refractivity contribution >= 4 is 11.6 Å². The third-order valence-electron chi connectivity index (χ3n) is 7.83. The fraction of sp³-hybridized carbons (Fsp3) is 0.875. The van der Waals surface area contributed by atoms with Gasteiger partial charge in [0.15, 0.2) is 0 Å². The maximum Gasteiger partial charge on any atom is 0.141 e. The standard InChI is InChI=1S/C16H16O4/c17-11-7-3-1-4(14-13(3)19-14)8(7)12(18)10-6-2-5(9(10)11)15-16(6)20-15/h3-10,13-16H,1-2H2/t3-,4-,5-,6-,7-,8-,9-,10+,13+,14-,15-,16+/m1/s1. The molecule has 5 saturated carbocycles. The van der Waals surface area contributed by atoms with Crippen LogP contribution in [0.1, 0.15) is 12.8 Å². The number of ether oxygens (including phenoxy) is 2. The molecule has 104 valence electrons. The minimum Gasteiger partial charge on any atom is -0.369 e. The number of carbonyl (C=O) groups excluding carboxylic acids is 2. The fourth-order valence-corrected chi connectivity index (χ4v) is 7.28. The molecule has 7 aliphatic rings. The van der Waals surface area contributed by atoms with E-state index in [1.165, 1.54) is 0 Å². The van der Waals surface area contributed by atoms with Crippen LogP contribution in [-0.4, -0.2) is 36.0 Å². The van der Waals surface area contributed by atoms with Crippen LogP contribution in [0.5, 0.6) is 0 Å². The van der Waals surface area contributed by atoms with Crippen molar-refractivity contribution in [2.75, 3.05) is 0 Å². The van der Waals surface area contributed by atoms with Gasteiger partial charge in [-0.05, 0) is 36.5 Å². The number of hydrogen-bond acceptors (Lipinski definition) is 4. The van der Waals surface area contributed by atoms with Crippen LogP contribution in [0.3, 0.4) is 0 Å². The number of carbonyl (C=O) groups is 2. The molecule has 5 aliphatic carbocycles. The third kappa shape index (κ3) is 0.806. The van der Waals surface area contributed by atoms with Crippen molar-refractivity contribution in [2.24, 2.45) is 47.3 Å². The Balaban J connectivity index is 1.39. The van der Waals surface area contributed by atoms with Gasteiger partial charge in [-0.2, -0.15) is 0 Å². The summed E-state index contributed by atoms with van der Waals surface area (Å²) in [6.45, 7) is 0. The van der Waals surface area contributed by atoms with Crippen molar-refractivity contribution in [1.29, 1.82) is 0 Å². The molecule has 0 amide bonds. The summed E-state index contributed by atoms with van der Waals surface area (Å²) < 4.78 is 11.4. The normalized spacial score (nSPS) is 73.4. The van der Waals surface area contributed by atoms with Crippen LogP contribution in [0.15, 0.2) is 0 Å². The third-order valence-corrected chi connectivity index (χ3v) is 7.83. The Morgan fingerprint density at radius 3 is 1.20 bits per heavy atom. The zero-order valence-electron chi connectivity index (χ0n) is 11.0. The Hall–Kier alpha value is -0.740. The number of Topliss-reactive ketones (excluding diaryl/α,β-unsaturated/α-hetero) is 2. The monoisotopic (exact) mass is 272 g/mol. The van der Waals surface area contributed by atoms with Crippen molar-refractivity contribution in [3.63, 3.8) is 0 Å². The minimum absolute atomic E-state index is 0.00838. The number of rotatable bonds is 0. The van der Waals surface area contributed by atoms with E-state index in [2.05, 4.69) is 0 Å². The molecular formula is C16H16O4. The van der Waals surface area contributed by atoms with Gasteiger partial charge < -0.3 is 9.47 Å². The molecule has 4 heteroatoms. The Morgan fingerprint density at radius 2 is 0.900 bits per heavy atom. The number of epoxide rings is 2. The molecule has 0 unspecified atom stereocenters. The Labute approximate surface area is 116 Å². The first-order chi connectivity index (χ1) is 9.75. The Bertz CT molecular complexity index is 503. The second kappa shape index (κ2) is 2.66. The van der Waals surface area contributed by atoms with E-state index in [1.807, 2.05) is 0 Å². The summed E-state index contributed by atoms with van der Waals surface area (Å²) in [5.74, 6) is 2.32. The number of fused-ring (bicyclic) bond motifs is 16. The summed E-state index contributed by atoms with van der Waals surface area (Å²) in [7, 11) is 0. The summed E-state index contributed by atoms with van der Waals surface area (Å²) in [4.78, 5) is 26.2. The lowest BCUT2D eigenvalue weighted by molar-refractivity contribution is -0.150. The second-order valence-electron chi connectivity index (χ2n) is 8.17. The van der Waals surface area contributed by atoms with Crippen LogP contribution in [-0.2, 0) is 19.1 Å². The lowest BCUT2D eigenvalue weighted by Crippen LogP contribution is -2.53. The molecule has 0 radical (unpaired) electrons. The summed E-state index contributed by atoms with van der Waals surface area (Å²) in [6, 6.07) is 0. The number of ketones is 2. The predicted molar refractivity (Wildman–Crippen MR) is 64.5 cm³/mol. The average Bonchev–Trinajstić information content (AvgIpc) is 3.29. The molecule has 12 atom stereocenters. The van der Waals surface area contributed by atoms with Crippen LogP contribution in [0.4, 0.5) is 0 Å². The van der Waals surface area contributed by atoms with Gasteiger partial charge in [0.25, 0.3) is 0 Å². The fourth-order valence-electron chi connectivity index (χ4n) is 7.28. The molecule has 2 heterocycles. The van der Waals surface area contributed by atoms with Gasteiger partial charge in [0.05, 0.1) is 24.4 Å². The molecule has 2 saturated heterocycles. The van der Waals surface area contributed by atoms with Crippen LogP contribution in [0.2, 0.25) is 0 Å². The highest BCUT2D eigenvalue weighted by molar-refractivity contribution is 6.02. The predicted octanol–water partition coefficient (Wildman–Crippen LogP) is 0.437. The second-order valence-corrected chi connectivity index (χ2v) is 8.17. The van der Waals surface area contributed by atoms with Crippen molar-refractivity contribution in [3.05, 3.63) is 0 Å². The molecular weight excluding hydrogens is 256 g/mol. The smallest absolute Gasteiger partial charge is 0.141 e. The first kappa shape index (κ1) is 10.1. The van der Waals surface area contributed by atoms with Crippen molar-refractivity contribution in [2.45, 2.75) is 37.3 Å². The van der Waals surface area contributed by atoms with Gasteiger partial charge in [-0.1, -0.05) is 0 Å². The summed E-state index contributed by atoms with van der Waals surface area (Å²) in [6.07, 6.45) is 3.41. The van der Waals surface area contributed by atoms with Crippen LogP contribution in [0, 0.1) is 47.3 Å². The van der Waals surface area contributed by atoms with E-state index in [1.54, 1.807) is 0 Å². The molecule has 7 rings (SSSR count). The van der Waals surface area contributed by atoms with Crippen LogP contribution >= 0.6 is 0 Å². The van der Waals surface area contributed by atoms with Gasteiger partial charge in [0.2, 0.25) is 0 Å². The van der Waals surface area contributed by atoms with Crippen molar-refractivity contribution in [1.82, 2.24) is 0 Å². The average molecular weight is 272 g/mol. The highest BCUT2D eigenvalue weighted by atomic mass is 16.6. The van der Waals surface area contributed by atoms with Gasteiger partial charge in [-0.15, -0.1) is 0 Å². The minimum atomic E-state index is 0.00838. The first-order valence-electron chi connectivity index (χ1n) is 8.14. The van der Waals surface area contributed by atoms with Crippen LogP contribution < -0.4 is 0 Å². The maximum atomic E-state index is 13.1. The molecule has 0 aromatic rings. The van der Waals surface area contributed by atoms with E-state index in [9.17, 15) is 9.59 Å². The van der Waals surface area contributed by atoms with E-state index >= 15 is 0 Å². The zero-order valence-corrected chi connectivity index (χ0v) is 11.0. The van der Waals surface area contributed by atoms with Gasteiger partial charge in [-0.25, -0.2) is 0 Å². The highest BCUT2D eigenvalue weighted by Crippen LogP contribution is 2.70. The molecule has 4 nitrogen and oxygen atoms in total. The first-order valence-corrected chi connectivity index (χ1v) is 8.14. The molecule has 2 aliphatic heterocycles. The van der Waals surface area contributed by atoms with E-state index < -0.39 is 0 Å². The van der Waals surface area contributed by atoms with Crippen molar-refractivity contribution < 1.29 is 19.1 Å². The van der Waals surface area contributed by atoms with E-state index in [4.69, 9.17) is 9.47 Å². The Morgan fingerprint density at radius 1 is 0.600 bits per heavy atom. The lowest BCUT2D eigenvalue weighted by Gasteiger charge is -2.41. The molecule has 0 aromatic carbocycles. The quantitative estimate of drug-likeness (QED) is 0.600. The summed E-state index contributed by atoms with van der Waals surface area (Å²) >= 11 is 0. The van der Waals surface area contributed by atoms with Gasteiger partial charge in [0.1, 0.15) is 11.6 Å². The largest absolute Gasteiger partial charge is 0.369 e. The summed E-state index contributed by atoms with van der Waals surface area (Å²) in [5.41, 5.74) is 0. The SMILES string of the molecule is O=C1[C@@H]2[C@H]3C[C@@H]([C@H]4O[C@@H]34)[C@H]2C(=O)[C@H]2[C@H]3C[C@@H]([C@H]4O[C@@H]34)[C@@H]12. The van der Waals surface area contributed by atoms with E-state index in [0.717, 1.165) is 12.8 Å². The molecule has 20 heavy (non-hydrogen) atoms. The molecule has 7 fully saturated rings. The van der Waals surface area contributed by atoms with Crippen LogP contribution in [0.25, 0.3) is 0 Å². The summed E-state index contributed by atoms with van der Waals surface area (Å²) in [5, 5.41) is 0. The molecule has 4 bridgehead atoms. The molecule has 0 N–H and O–H groups in total. The Kier molecular flexibility index (Phi) is 1.34. The lowest BCUT2D eigenvalue weighted by atomic mass is 9.58.